The second-order valence-corrected chi connectivity index (χ2v) is 7.78. The Bertz CT molecular complexity index is 855. The molecule has 3 rings (SSSR count). The maximum absolute atomic E-state index is 13.0. The summed E-state index contributed by atoms with van der Waals surface area (Å²) in [5.74, 6) is 1.08. The third-order valence-electron chi connectivity index (χ3n) is 4.31. The highest BCUT2D eigenvalue weighted by atomic mass is 35.5. The summed E-state index contributed by atoms with van der Waals surface area (Å²) in [6.07, 6.45) is -2.05. The van der Waals surface area contributed by atoms with Crippen molar-refractivity contribution < 1.29 is 13.2 Å². The fraction of sp³-hybridized carbons (Fsp3) is 0.471. The van der Waals surface area contributed by atoms with Gasteiger partial charge in [0.1, 0.15) is 11.0 Å². The minimum Gasteiger partial charge on any atom is -0.354 e. The van der Waals surface area contributed by atoms with E-state index in [2.05, 4.69) is 19.9 Å². The van der Waals surface area contributed by atoms with Gasteiger partial charge < -0.3 is 9.88 Å². The minimum absolute atomic E-state index is 0.156. The largest absolute Gasteiger partial charge is 0.416 e. The van der Waals surface area contributed by atoms with E-state index in [4.69, 9.17) is 11.6 Å². The molecule has 3 heterocycles. The molecule has 152 valence electrons. The van der Waals surface area contributed by atoms with E-state index in [1.54, 1.807) is 0 Å². The lowest BCUT2D eigenvalue weighted by molar-refractivity contribution is -0.137. The van der Waals surface area contributed by atoms with E-state index in [9.17, 15) is 18.0 Å². The van der Waals surface area contributed by atoms with Gasteiger partial charge >= 0.3 is 6.18 Å². The van der Waals surface area contributed by atoms with Crippen LogP contribution in [0.3, 0.4) is 0 Å². The highest BCUT2D eigenvalue weighted by molar-refractivity contribution is 7.99. The number of hydrogen-bond acceptors (Lipinski definition) is 6. The molecule has 0 saturated carbocycles. The van der Waals surface area contributed by atoms with Crippen molar-refractivity contribution in [2.45, 2.75) is 17.8 Å². The number of thioether (sulfide) groups is 1. The first-order valence-electron chi connectivity index (χ1n) is 8.71. The molecule has 1 aliphatic heterocycles. The molecule has 0 atom stereocenters. The zero-order valence-electron chi connectivity index (χ0n) is 14.9. The number of nitrogens with zero attached hydrogens (tertiary/aromatic N) is 4. The normalized spacial score (nSPS) is 15.8. The maximum Gasteiger partial charge on any atom is 0.416 e. The Morgan fingerprint density at radius 2 is 1.96 bits per heavy atom. The number of pyridine rings is 1. The SMILES string of the molecule is O=c1ccnc(SCCCN2CCN(c3cc(C(F)(F)F)cc(Cl)n3)CC2)[nH]1. The van der Waals surface area contributed by atoms with Crippen molar-refractivity contribution in [3.63, 3.8) is 0 Å². The number of rotatable bonds is 6. The van der Waals surface area contributed by atoms with Crippen molar-refractivity contribution in [1.29, 1.82) is 0 Å². The Labute approximate surface area is 169 Å². The average Bonchev–Trinajstić information content (AvgIpc) is 2.65. The average molecular weight is 434 g/mol. The number of nitrogens with one attached hydrogen (secondary N) is 1. The lowest BCUT2D eigenvalue weighted by Crippen LogP contribution is -2.47. The molecule has 2 aromatic heterocycles. The molecular weight excluding hydrogens is 415 g/mol. The van der Waals surface area contributed by atoms with Gasteiger partial charge in [-0.2, -0.15) is 13.2 Å². The van der Waals surface area contributed by atoms with Crippen LogP contribution < -0.4 is 10.5 Å². The van der Waals surface area contributed by atoms with Crippen LogP contribution in [-0.2, 0) is 6.18 Å². The summed E-state index contributed by atoms with van der Waals surface area (Å²) in [7, 11) is 0. The van der Waals surface area contributed by atoms with Crippen LogP contribution in [-0.4, -0.2) is 58.3 Å². The number of H-pyrrole nitrogens is 1. The number of piperazine rings is 1. The van der Waals surface area contributed by atoms with Crippen molar-refractivity contribution in [3.05, 3.63) is 45.5 Å². The Balaban J connectivity index is 1.46. The molecule has 1 saturated heterocycles. The molecule has 28 heavy (non-hydrogen) atoms. The van der Waals surface area contributed by atoms with E-state index < -0.39 is 11.7 Å². The minimum atomic E-state index is -4.45. The van der Waals surface area contributed by atoms with E-state index in [1.807, 2.05) is 4.90 Å². The molecule has 1 fully saturated rings. The lowest BCUT2D eigenvalue weighted by Gasteiger charge is -2.35. The van der Waals surface area contributed by atoms with Gasteiger partial charge in [0.25, 0.3) is 5.56 Å². The van der Waals surface area contributed by atoms with Gasteiger partial charge in [0.05, 0.1) is 5.56 Å². The third-order valence-corrected chi connectivity index (χ3v) is 5.48. The highest BCUT2D eigenvalue weighted by Crippen LogP contribution is 2.33. The number of halogens is 4. The van der Waals surface area contributed by atoms with Gasteiger partial charge in [-0.3, -0.25) is 9.69 Å². The fourth-order valence-electron chi connectivity index (χ4n) is 2.89. The molecule has 11 heteroatoms. The van der Waals surface area contributed by atoms with Crippen molar-refractivity contribution in [2.24, 2.45) is 0 Å². The van der Waals surface area contributed by atoms with Crippen LogP contribution in [0, 0.1) is 0 Å². The number of hydrogen-bond donors (Lipinski definition) is 1. The first-order chi connectivity index (χ1) is 13.3. The molecule has 0 amide bonds. The van der Waals surface area contributed by atoms with Crippen LogP contribution in [0.4, 0.5) is 19.0 Å². The summed E-state index contributed by atoms with van der Waals surface area (Å²) in [5.41, 5.74) is -0.952. The van der Waals surface area contributed by atoms with Crippen LogP contribution in [0.1, 0.15) is 12.0 Å². The van der Waals surface area contributed by atoms with E-state index in [0.717, 1.165) is 43.9 Å². The molecule has 0 radical (unpaired) electrons. The number of aromatic amines is 1. The summed E-state index contributed by atoms with van der Waals surface area (Å²) in [6, 6.07) is 3.26. The number of alkyl halides is 3. The smallest absolute Gasteiger partial charge is 0.354 e. The first kappa shape index (κ1) is 20.9. The van der Waals surface area contributed by atoms with Crippen molar-refractivity contribution in [1.82, 2.24) is 19.9 Å². The van der Waals surface area contributed by atoms with E-state index in [-0.39, 0.29) is 16.5 Å². The zero-order valence-corrected chi connectivity index (χ0v) is 16.4. The van der Waals surface area contributed by atoms with Gasteiger partial charge in [-0.15, -0.1) is 0 Å². The zero-order chi connectivity index (χ0) is 20.1. The van der Waals surface area contributed by atoms with Crippen LogP contribution in [0.5, 0.6) is 0 Å². The van der Waals surface area contributed by atoms with Gasteiger partial charge in [-0.05, 0) is 25.1 Å². The maximum atomic E-state index is 13.0. The van der Waals surface area contributed by atoms with E-state index in [0.29, 0.717) is 18.2 Å². The quantitative estimate of drug-likeness (QED) is 0.327. The molecule has 6 nitrogen and oxygen atoms in total. The molecule has 0 spiro atoms. The summed E-state index contributed by atoms with van der Waals surface area (Å²) >= 11 is 7.26. The lowest BCUT2D eigenvalue weighted by atomic mass is 10.2. The van der Waals surface area contributed by atoms with Crippen LogP contribution in [0.25, 0.3) is 0 Å². The summed E-state index contributed by atoms with van der Waals surface area (Å²) in [6.45, 7) is 3.52. The topological polar surface area (TPSA) is 65.1 Å². The molecular formula is C17H19ClF3N5OS. The monoisotopic (exact) mass is 433 g/mol. The van der Waals surface area contributed by atoms with Crippen molar-refractivity contribution in [3.8, 4) is 0 Å². The molecule has 1 N–H and O–H groups in total. The Morgan fingerprint density at radius 3 is 2.64 bits per heavy atom. The standard InChI is InChI=1S/C17H19ClF3N5OS/c18-13-10-12(17(19,20)21)11-14(23-13)26-7-5-25(6-8-26)4-1-9-28-16-22-3-2-15(27)24-16/h2-3,10-11H,1,4-9H2,(H,22,24,27). The summed E-state index contributed by atoms with van der Waals surface area (Å²) in [5, 5.41) is 0.446. The van der Waals surface area contributed by atoms with Crippen LogP contribution in [0.2, 0.25) is 5.15 Å². The number of aromatic nitrogens is 3. The second-order valence-electron chi connectivity index (χ2n) is 6.30. The summed E-state index contributed by atoms with van der Waals surface area (Å²) < 4.78 is 38.9. The van der Waals surface area contributed by atoms with Gasteiger partial charge in [-0.1, -0.05) is 23.4 Å². The van der Waals surface area contributed by atoms with Gasteiger partial charge in [0.15, 0.2) is 5.16 Å². The van der Waals surface area contributed by atoms with Crippen LogP contribution in [0.15, 0.2) is 34.3 Å². The summed E-state index contributed by atoms with van der Waals surface area (Å²) in [4.78, 5) is 26.1. The molecule has 0 aliphatic carbocycles. The molecule has 1 aliphatic rings. The number of anilines is 1. The van der Waals surface area contributed by atoms with Gasteiger partial charge in [0.2, 0.25) is 0 Å². The third kappa shape index (κ3) is 5.86. The predicted octanol–water partition coefficient (Wildman–Crippen LogP) is 3.14. The highest BCUT2D eigenvalue weighted by Gasteiger charge is 2.32. The molecule has 0 aromatic carbocycles. The van der Waals surface area contributed by atoms with Crippen molar-refractivity contribution >= 4 is 29.2 Å². The molecule has 0 unspecified atom stereocenters. The Morgan fingerprint density at radius 1 is 1.21 bits per heavy atom. The van der Waals surface area contributed by atoms with Gasteiger partial charge in [-0.25, -0.2) is 9.97 Å². The predicted molar refractivity (Wildman–Crippen MR) is 103 cm³/mol. The van der Waals surface area contributed by atoms with E-state index >= 15 is 0 Å². The van der Waals surface area contributed by atoms with E-state index in [1.165, 1.54) is 24.0 Å². The molecule has 2 aromatic rings. The molecule has 0 bridgehead atoms. The second kappa shape index (κ2) is 9.15. The Hall–Kier alpha value is -1.78. The van der Waals surface area contributed by atoms with Gasteiger partial charge in [0, 0.05) is 44.2 Å². The van der Waals surface area contributed by atoms with Crippen molar-refractivity contribution in [2.75, 3.05) is 43.4 Å². The first-order valence-corrected chi connectivity index (χ1v) is 10.1. The fourth-order valence-corrected chi connectivity index (χ4v) is 3.87. The Kier molecular flexibility index (Phi) is 6.84. The van der Waals surface area contributed by atoms with Crippen LogP contribution >= 0.6 is 23.4 Å².